The first-order valence-corrected chi connectivity index (χ1v) is 13.2. The van der Waals surface area contributed by atoms with Gasteiger partial charge in [0.25, 0.3) is 11.8 Å². The monoisotopic (exact) mass is 494 g/mol. The average molecular weight is 495 g/mol. The molecular weight excluding hydrogens is 464 g/mol. The number of carbonyl (C=O) groups excluding carboxylic acids is 2. The van der Waals surface area contributed by atoms with E-state index in [0.29, 0.717) is 16.6 Å². The molecule has 6 nitrogen and oxygen atoms in total. The van der Waals surface area contributed by atoms with E-state index in [0.717, 1.165) is 52.7 Å². The Morgan fingerprint density at radius 3 is 2.56 bits per heavy atom. The summed E-state index contributed by atoms with van der Waals surface area (Å²) in [7, 11) is 3.93. The van der Waals surface area contributed by atoms with Gasteiger partial charge in [0, 0.05) is 49.8 Å². The fraction of sp³-hybridized carbons (Fsp3) is 0.346. The summed E-state index contributed by atoms with van der Waals surface area (Å²) >= 11 is 3.11. The second-order valence-electron chi connectivity index (χ2n) is 8.84. The van der Waals surface area contributed by atoms with Crippen LogP contribution < -0.4 is 10.2 Å². The molecule has 0 unspecified atom stereocenters. The van der Waals surface area contributed by atoms with Gasteiger partial charge < -0.3 is 9.80 Å². The molecule has 1 N–H and O–H groups in total. The maximum absolute atomic E-state index is 12.9. The zero-order chi connectivity index (χ0) is 24.1. The number of rotatable bonds is 7. The van der Waals surface area contributed by atoms with Crippen molar-refractivity contribution in [3.8, 4) is 0 Å². The number of hydrogen-bond donors (Lipinski definition) is 1. The molecule has 0 atom stereocenters. The first-order valence-electron chi connectivity index (χ1n) is 11.4. The first-order chi connectivity index (χ1) is 16.4. The Morgan fingerprint density at radius 2 is 1.85 bits per heavy atom. The number of piperidine rings is 1. The van der Waals surface area contributed by atoms with Crippen molar-refractivity contribution in [2.75, 3.05) is 37.4 Å². The van der Waals surface area contributed by atoms with E-state index < -0.39 is 0 Å². The summed E-state index contributed by atoms with van der Waals surface area (Å²) < 4.78 is 1.01. The van der Waals surface area contributed by atoms with Crippen LogP contribution in [-0.4, -0.2) is 48.9 Å². The zero-order valence-electron chi connectivity index (χ0n) is 19.8. The van der Waals surface area contributed by atoms with Crippen LogP contribution in [0.15, 0.2) is 58.9 Å². The molecule has 1 aliphatic rings. The van der Waals surface area contributed by atoms with Gasteiger partial charge >= 0.3 is 0 Å². The fourth-order valence-electron chi connectivity index (χ4n) is 3.81. The van der Waals surface area contributed by atoms with E-state index >= 15 is 0 Å². The molecule has 4 rings (SSSR count). The third-order valence-corrected chi connectivity index (χ3v) is 8.16. The van der Waals surface area contributed by atoms with E-state index in [9.17, 15) is 9.59 Å². The van der Waals surface area contributed by atoms with Crippen molar-refractivity contribution in [3.05, 3.63) is 71.4 Å². The second kappa shape index (κ2) is 11.1. The van der Waals surface area contributed by atoms with Crippen LogP contribution >= 0.6 is 23.1 Å². The highest BCUT2D eigenvalue weighted by molar-refractivity contribution is 8.00. The number of likely N-dealkylation sites (tertiary alicyclic amines) is 1. The lowest BCUT2D eigenvalue weighted by molar-refractivity contribution is 0.0697. The molecule has 8 heteroatoms. The van der Waals surface area contributed by atoms with Gasteiger partial charge in [-0.15, -0.1) is 11.8 Å². The summed E-state index contributed by atoms with van der Waals surface area (Å²) in [6.07, 6.45) is 3.93. The normalized spacial score (nSPS) is 14.1. The molecule has 0 aliphatic carbocycles. The lowest BCUT2D eigenvalue weighted by Gasteiger charge is -2.30. The van der Waals surface area contributed by atoms with E-state index in [1.807, 2.05) is 72.4 Å². The van der Waals surface area contributed by atoms with Gasteiger partial charge in [-0.05, 0) is 60.7 Å². The number of benzene rings is 2. The quantitative estimate of drug-likeness (QED) is 0.432. The predicted octanol–water partition coefficient (Wildman–Crippen LogP) is 5.63. The summed E-state index contributed by atoms with van der Waals surface area (Å²) in [5, 5.41) is 3.46. The number of aromatic nitrogens is 1. The van der Waals surface area contributed by atoms with Gasteiger partial charge in [0.2, 0.25) is 0 Å². The largest absolute Gasteiger partial charge is 0.378 e. The molecule has 1 aromatic heterocycles. The van der Waals surface area contributed by atoms with Crippen molar-refractivity contribution in [2.45, 2.75) is 29.7 Å². The molecule has 0 radical (unpaired) electrons. The summed E-state index contributed by atoms with van der Waals surface area (Å²) in [4.78, 5) is 33.7. The standard InChI is InChI=1S/C26H30N4O2S2/c1-18-11-13-30(14-12-18)25(32)21-6-4-5-19(15-21)17-33-23-16-27-26(34-23)28-24(31)20-7-9-22(10-8-20)29(2)3/h4-10,15-16,18H,11-14,17H2,1-3H3,(H,27,28,31). The minimum absolute atomic E-state index is 0.125. The zero-order valence-corrected chi connectivity index (χ0v) is 21.4. The summed E-state index contributed by atoms with van der Waals surface area (Å²) in [6.45, 7) is 3.93. The van der Waals surface area contributed by atoms with E-state index in [-0.39, 0.29) is 11.8 Å². The average Bonchev–Trinajstić information content (AvgIpc) is 3.30. The van der Waals surface area contributed by atoms with Crippen LogP contribution in [0, 0.1) is 5.92 Å². The van der Waals surface area contributed by atoms with Gasteiger partial charge in [-0.1, -0.05) is 30.4 Å². The fourth-order valence-corrected chi connectivity index (χ4v) is 5.62. The molecule has 0 bridgehead atoms. The number of thiazole rings is 1. The second-order valence-corrected chi connectivity index (χ2v) is 11.1. The van der Waals surface area contributed by atoms with E-state index in [2.05, 4.69) is 17.2 Å². The van der Waals surface area contributed by atoms with Crippen LogP contribution in [0.1, 0.15) is 46.0 Å². The van der Waals surface area contributed by atoms with Crippen LogP contribution in [0.4, 0.5) is 10.8 Å². The Hall–Kier alpha value is -2.84. The summed E-state index contributed by atoms with van der Waals surface area (Å²) in [5.41, 5.74) is 3.49. The minimum Gasteiger partial charge on any atom is -0.378 e. The topological polar surface area (TPSA) is 65.5 Å². The first kappa shape index (κ1) is 24.3. The number of carbonyl (C=O) groups is 2. The maximum Gasteiger partial charge on any atom is 0.257 e. The van der Waals surface area contributed by atoms with E-state index in [1.54, 1.807) is 18.0 Å². The van der Waals surface area contributed by atoms with Crippen molar-refractivity contribution in [3.63, 3.8) is 0 Å². The molecule has 1 saturated heterocycles. The number of amides is 2. The molecule has 2 amide bonds. The smallest absolute Gasteiger partial charge is 0.257 e. The molecule has 2 heterocycles. The highest BCUT2D eigenvalue weighted by atomic mass is 32.2. The van der Waals surface area contributed by atoms with Crippen LogP contribution in [0.5, 0.6) is 0 Å². The minimum atomic E-state index is -0.172. The van der Waals surface area contributed by atoms with Gasteiger partial charge in [0.05, 0.1) is 10.4 Å². The molecule has 178 valence electrons. The molecule has 2 aromatic carbocycles. The molecule has 0 saturated carbocycles. The summed E-state index contributed by atoms with van der Waals surface area (Å²) in [5.74, 6) is 1.39. The lowest BCUT2D eigenvalue weighted by Crippen LogP contribution is -2.37. The molecule has 1 fully saturated rings. The van der Waals surface area contributed by atoms with Gasteiger partial charge in [-0.2, -0.15) is 0 Å². The summed E-state index contributed by atoms with van der Waals surface area (Å²) in [6, 6.07) is 15.4. The number of anilines is 2. The third-order valence-electron chi connectivity index (χ3n) is 5.98. The Bertz CT molecular complexity index is 1140. The Kier molecular flexibility index (Phi) is 7.90. The van der Waals surface area contributed by atoms with Gasteiger partial charge in [0.15, 0.2) is 5.13 Å². The predicted molar refractivity (Wildman–Crippen MR) is 141 cm³/mol. The van der Waals surface area contributed by atoms with Crippen LogP contribution in [0.2, 0.25) is 0 Å². The van der Waals surface area contributed by atoms with Crippen LogP contribution in [-0.2, 0) is 5.75 Å². The van der Waals surface area contributed by atoms with Crippen molar-refractivity contribution in [1.82, 2.24) is 9.88 Å². The number of thioether (sulfide) groups is 1. The van der Waals surface area contributed by atoms with E-state index in [1.165, 1.54) is 11.3 Å². The molecular formula is C26H30N4O2S2. The van der Waals surface area contributed by atoms with Crippen molar-refractivity contribution in [2.24, 2.45) is 5.92 Å². The van der Waals surface area contributed by atoms with Crippen LogP contribution in [0.3, 0.4) is 0 Å². The van der Waals surface area contributed by atoms with Gasteiger partial charge in [0.1, 0.15) is 0 Å². The number of nitrogens with zero attached hydrogens (tertiary/aromatic N) is 3. The molecule has 1 aliphatic heterocycles. The van der Waals surface area contributed by atoms with Crippen LogP contribution in [0.25, 0.3) is 0 Å². The lowest BCUT2D eigenvalue weighted by atomic mass is 9.98. The maximum atomic E-state index is 12.9. The Labute approximate surface area is 209 Å². The number of nitrogens with one attached hydrogen (secondary N) is 1. The van der Waals surface area contributed by atoms with Gasteiger partial charge in [-0.25, -0.2) is 4.98 Å². The molecule has 34 heavy (non-hydrogen) atoms. The third kappa shape index (κ3) is 6.18. The van der Waals surface area contributed by atoms with Gasteiger partial charge in [-0.3, -0.25) is 14.9 Å². The van der Waals surface area contributed by atoms with E-state index in [4.69, 9.17) is 0 Å². The highest BCUT2D eigenvalue weighted by Crippen LogP contribution is 2.31. The Morgan fingerprint density at radius 1 is 1.12 bits per heavy atom. The highest BCUT2D eigenvalue weighted by Gasteiger charge is 2.21. The van der Waals surface area contributed by atoms with Crippen molar-refractivity contribution >= 4 is 45.7 Å². The molecule has 0 spiro atoms. The molecule has 3 aromatic rings. The van der Waals surface area contributed by atoms with Crippen molar-refractivity contribution in [1.29, 1.82) is 0 Å². The Balaban J connectivity index is 1.32. The van der Waals surface area contributed by atoms with Crippen molar-refractivity contribution < 1.29 is 9.59 Å². The number of hydrogen-bond acceptors (Lipinski definition) is 6. The SMILES string of the molecule is CC1CCN(C(=O)c2cccc(CSc3cnc(NC(=O)c4ccc(N(C)C)cc4)s3)c2)CC1.